The molecule has 0 saturated heterocycles. The van der Waals surface area contributed by atoms with Gasteiger partial charge in [-0.05, 0) is 51.8 Å². The van der Waals surface area contributed by atoms with Crippen molar-refractivity contribution in [3.8, 4) is 17.1 Å². The predicted molar refractivity (Wildman–Crippen MR) is 120 cm³/mol. The second kappa shape index (κ2) is 8.66. The van der Waals surface area contributed by atoms with Gasteiger partial charge in [-0.15, -0.1) is 0 Å². The van der Waals surface area contributed by atoms with Gasteiger partial charge in [0.2, 0.25) is 0 Å². The van der Waals surface area contributed by atoms with E-state index in [-0.39, 0.29) is 5.02 Å². The smallest absolute Gasteiger partial charge is 0.192 e. The van der Waals surface area contributed by atoms with E-state index in [1.165, 1.54) is 6.07 Å². The first-order valence-corrected chi connectivity index (χ1v) is 10.5. The van der Waals surface area contributed by atoms with Crippen molar-refractivity contribution in [3.63, 3.8) is 0 Å². The number of halogens is 3. The normalized spacial score (nSPS) is 13.8. The SMILES string of the molecule is COc1ccc(CN2C=C(Br)C=C(c3nc(C)oc3-c3cccc(Cl)c3F)C2)cc1. The predicted octanol–water partition coefficient (Wildman–Crippen LogP) is 6.59. The first kappa shape index (κ1) is 20.7. The minimum absolute atomic E-state index is 0.0485. The van der Waals surface area contributed by atoms with Gasteiger partial charge in [-0.3, -0.25) is 0 Å². The highest BCUT2D eigenvalue weighted by atomic mass is 79.9. The Labute approximate surface area is 187 Å². The molecule has 0 radical (unpaired) electrons. The Balaban J connectivity index is 1.64. The van der Waals surface area contributed by atoms with Crippen LogP contribution in [0, 0.1) is 12.7 Å². The van der Waals surface area contributed by atoms with Gasteiger partial charge in [-0.25, -0.2) is 9.37 Å². The highest BCUT2D eigenvalue weighted by Gasteiger charge is 2.24. The number of hydrogen-bond donors (Lipinski definition) is 0. The molecular formula is C23H19BrClFN2O2. The van der Waals surface area contributed by atoms with Crippen LogP contribution in [0.25, 0.3) is 16.9 Å². The fourth-order valence-corrected chi connectivity index (χ4v) is 4.15. The summed E-state index contributed by atoms with van der Waals surface area (Å²) in [6.45, 7) is 3.05. The maximum absolute atomic E-state index is 14.7. The number of hydrogen-bond acceptors (Lipinski definition) is 4. The van der Waals surface area contributed by atoms with Gasteiger partial charge >= 0.3 is 0 Å². The number of aromatic nitrogens is 1. The van der Waals surface area contributed by atoms with E-state index in [0.717, 1.165) is 21.4 Å². The van der Waals surface area contributed by atoms with Crippen LogP contribution < -0.4 is 4.74 Å². The average Bonchev–Trinajstić information content (AvgIpc) is 3.12. The molecule has 1 aromatic heterocycles. The van der Waals surface area contributed by atoms with Crippen molar-refractivity contribution in [1.82, 2.24) is 9.88 Å². The maximum atomic E-state index is 14.7. The molecule has 0 amide bonds. The summed E-state index contributed by atoms with van der Waals surface area (Å²) < 4.78 is 26.6. The molecule has 2 heterocycles. The molecule has 0 spiro atoms. The molecule has 0 saturated carbocycles. The summed E-state index contributed by atoms with van der Waals surface area (Å²) in [7, 11) is 1.65. The molecule has 1 aliphatic rings. The quantitative estimate of drug-likeness (QED) is 0.405. The molecule has 4 rings (SSSR count). The summed E-state index contributed by atoms with van der Waals surface area (Å²) in [5, 5.41) is 0.0485. The molecule has 30 heavy (non-hydrogen) atoms. The van der Waals surface area contributed by atoms with Gasteiger partial charge < -0.3 is 14.1 Å². The van der Waals surface area contributed by atoms with Gasteiger partial charge in [-0.2, -0.15) is 0 Å². The summed E-state index contributed by atoms with van der Waals surface area (Å²) in [5.74, 6) is 1.15. The second-order valence-corrected chi connectivity index (χ2v) is 8.27. The summed E-state index contributed by atoms with van der Waals surface area (Å²) in [6, 6.07) is 12.8. The van der Waals surface area contributed by atoms with Crippen LogP contribution in [-0.4, -0.2) is 23.5 Å². The average molecular weight is 490 g/mol. The summed E-state index contributed by atoms with van der Waals surface area (Å²) in [4.78, 5) is 6.70. The van der Waals surface area contributed by atoms with Crippen LogP contribution >= 0.6 is 27.5 Å². The van der Waals surface area contributed by atoms with Crippen LogP contribution in [-0.2, 0) is 6.54 Å². The molecule has 0 N–H and O–H groups in total. The van der Waals surface area contributed by atoms with Crippen LogP contribution in [0.3, 0.4) is 0 Å². The van der Waals surface area contributed by atoms with Crippen molar-refractivity contribution in [1.29, 1.82) is 0 Å². The Morgan fingerprint density at radius 2 is 2.00 bits per heavy atom. The van der Waals surface area contributed by atoms with E-state index in [9.17, 15) is 4.39 Å². The van der Waals surface area contributed by atoms with Gasteiger partial charge in [-0.1, -0.05) is 29.8 Å². The summed E-state index contributed by atoms with van der Waals surface area (Å²) >= 11 is 9.57. The Bertz CT molecular complexity index is 1140. The van der Waals surface area contributed by atoms with E-state index in [0.29, 0.717) is 36.0 Å². The van der Waals surface area contributed by atoms with Gasteiger partial charge in [0.15, 0.2) is 17.5 Å². The number of methoxy groups -OCH3 is 1. The van der Waals surface area contributed by atoms with Crippen molar-refractivity contribution in [3.05, 3.63) is 87.2 Å². The largest absolute Gasteiger partial charge is 0.497 e. The molecule has 154 valence electrons. The Morgan fingerprint density at radius 1 is 1.23 bits per heavy atom. The molecule has 0 bridgehead atoms. The van der Waals surface area contributed by atoms with Crippen LogP contribution in [0.5, 0.6) is 5.75 Å². The monoisotopic (exact) mass is 488 g/mol. The molecule has 0 unspecified atom stereocenters. The zero-order valence-electron chi connectivity index (χ0n) is 16.5. The molecule has 0 fully saturated rings. The van der Waals surface area contributed by atoms with Gasteiger partial charge in [0.05, 0.1) is 17.7 Å². The van der Waals surface area contributed by atoms with E-state index in [1.54, 1.807) is 26.2 Å². The lowest BCUT2D eigenvalue weighted by atomic mass is 10.0. The van der Waals surface area contributed by atoms with Gasteiger partial charge in [0.25, 0.3) is 0 Å². The number of allylic oxidation sites excluding steroid dienone is 2. The van der Waals surface area contributed by atoms with Crippen molar-refractivity contribution in [2.24, 2.45) is 0 Å². The molecule has 4 nitrogen and oxygen atoms in total. The first-order valence-electron chi connectivity index (χ1n) is 9.31. The molecule has 2 aromatic carbocycles. The van der Waals surface area contributed by atoms with Crippen molar-refractivity contribution < 1.29 is 13.5 Å². The topological polar surface area (TPSA) is 38.5 Å². The lowest BCUT2D eigenvalue weighted by molar-refractivity contribution is 0.405. The number of benzene rings is 2. The number of aryl methyl sites for hydroxylation is 1. The van der Waals surface area contributed by atoms with Crippen LogP contribution in [0.15, 0.2) is 63.6 Å². The van der Waals surface area contributed by atoms with Crippen LogP contribution in [0.1, 0.15) is 17.1 Å². The number of oxazole rings is 1. The standard InChI is InChI=1S/C23H19BrClFN2O2/c1-14-27-22(23(30-14)19-4-3-5-20(25)21(19)26)16-10-17(24)13-28(12-16)11-15-6-8-18(29-2)9-7-15/h3-10,13H,11-12H2,1-2H3. The van der Waals surface area contributed by atoms with E-state index >= 15 is 0 Å². The third-order valence-corrected chi connectivity index (χ3v) is 5.50. The van der Waals surface area contributed by atoms with E-state index in [1.807, 2.05) is 36.5 Å². The second-order valence-electron chi connectivity index (χ2n) is 6.95. The van der Waals surface area contributed by atoms with Crippen molar-refractivity contribution in [2.45, 2.75) is 13.5 Å². The van der Waals surface area contributed by atoms with E-state index in [4.69, 9.17) is 20.8 Å². The van der Waals surface area contributed by atoms with Crippen molar-refractivity contribution >= 4 is 33.1 Å². The minimum atomic E-state index is -0.516. The van der Waals surface area contributed by atoms with Gasteiger partial charge in [0, 0.05) is 36.3 Å². The Hall–Kier alpha value is -2.57. The van der Waals surface area contributed by atoms with E-state index < -0.39 is 5.82 Å². The Morgan fingerprint density at radius 3 is 2.73 bits per heavy atom. The van der Waals surface area contributed by atoms with Gasteiger partial charge in [0.1, 0.15) is 11.4 Å². The number of ether oxygens (including phenoxy) is 1. The molecule has 0 aliphatic carbocycles. The summed E-state index contributed by atoms with van der Waals surface area (Å²) in [5.41, 5.74) is 2.97. The number of nitrogens with zero attached hydrogens (tertiary/aromatic N) is 2. The molecule has 0 atom stereocenters. The lowest BCUT2D eigenvalue weighted by Crippen LogP contribution is -2.22. The van der Waals surface area contributed by atoms with Crippen LogP contribution in [0.2, 0.25) is 5.02 Å². The van der Waals surface area contributed by atoms with E-state index in [2.05, 4.69) is 25.8 Å². The highest BCUT2D eigenvalue weighted by Crippen LogP contribution is 2.36. The molecule has 7 heteroatoms. The lowest BCUT2D eigenvalue weighted by Gasteiger charge is -2.26. The first-order chi connectivity index (χ1) is 14.4. The molecular weight excluding hydrogens is 471 g/mol. The fraction of sp³-hybridized carbons (Fsp3) is 0.174. The molecule has 1 aliphatic heterocycles. The number of rotatable bonds is 5. The van der Waals surface area contributed by atoms with Crippen LogP contribution in [0.4, 0.5) is 4.39 Å². The summed E-state index contributed by atoms with van der Waals surface area (Å²) in [6.07, 6.45) is 4.01. The fourth-order valence-electron chi connectivity index (χ4n) is 3.40. The Kier molecular flexibility index (Phi) is 5.97. The maximum Gasteiger partial charge on any atom is 0.192 e. The zero-order chi connectivity index (χ0) is 21.3. The minimum Gasteiger partial charge on any atom is -0.497 e. The van der Waals surface area contributed by atoms with Crippen molar-refractivity contribution in [2.75, 3.05) is 13.7 Å². The zero-order valence-corrected chi connectivity index (χ0v) is 18.8. The third kappa shape index (κ3) is 4.30. The highest BCUT2D eigenvalue weighted by molar-refractivity contribution is 9.11. The molecule has 3 aromatic rings. The third-order valence-electron chi connectivity index (χ3n) is 4.77.